The number of aromatic nitrogens is 1. The smallest absolute Gasteiger partial charge is 0.338 e. The number of rotatable bonds is 15. The number of pyridine rings is 1. The number of benzene rings is 6. The quantitative estimate of drug-likeness (QED) is 0.0422. The Morgan fingerprint density at radius 1 is 0.587 bits per heavy atom. The largest absolute Gasteiger partial charge is 0.458 e. The molecule has 1 heterocycles. The zero-order valence-electron chi connectivity index (χ0n) is 33.7. The van der Waals surface area contributed by atoms with Crippen LogP contribution < -0.4 is 5.01 Å². The molecule has 0 radical (unpaired) electrons. The van der Waals surface area contributed by atoms with Crippen LogP contribution in [0.25, 0.3) is 10.9 Å². The monoisotopic (exact) mass is 859 g/mol. The average Bonchev–Trinajstić information content (AvgIpc) is 3.33. The zero-order chi connectivity index (χ0) is 44.1. The van der Waals surface area contributed by atoms with E-state index in [4.69, 9.17) is 35.5 Å². The second kappa shape index (κ2) is 20.5. The molecule has 0 aliphatic heterocycles. The number of aryl methyl sites for hydroxylation is 1. The second-order valence-electron chi connectivity index (χ2n) is 14.0. The lowest BCUT2D eigenvalue weighted by atomic mass is 10.1. The van der Waals surface area contributed by atoms with Gasteiger partial charge in [-0.2, -0.15) is 10.1 Å². The van der Waals surface area contributed by atoms with Gasteiger partial charge in [0.2, 0.25) is 0 Å². The van der Waals surface area contributed by atoms with Crippen molar-refractivity contribution in [1.82, 2.24) is 4.98 Å². The van der Waals surface area contributed by atoms with Crippen LogP contribution in [0.3, 0.4) is 0 Å². The van der Waals surface area contributed by atoms with Gasteiger partial charge in [0, 0.05) is 16.0 Å². The Bertz CT molecular complexity index is 2740. The van der Waals surface area contributed by atoms with Crippen molar-refractivity contribution < 1.29 is 42.9 Å². The number of esters is 4. The minimum absolute atomic E-state index is 0.0854. The highest BCUT2D eigenvalue weighted by Crippen LogP contribution is 2.27. The molecule has 314 valence electrons. The summed E-state index contributed by atoms with van der Waals surface area (Å²) >= 11 is 6.31. The highest BCUT2D eigenvalue weighted by Gasteiger charge is 2.40. The van der Waals surface area contributed by atoms with Crippen LogP contribution in [0.2, 0.25) is 5.02 Å². The minimum atomic E-state index is -1.77. The Morgan fingerprint density at radius 2 is 1.05 bits per heavy atom. The number of amides is 1. The molecule has 0 bridgehead atoms. The number of nitrogens with zero attached hydrogens (tertiary/aromatic N) is 3. The van der Waals surface area contributed by atoms with Gasteiger partial charge < -0.3 is 18.9 Å². The van der Waals surface area contributed by atoms with Gasteiger partial charge in [0.15, 0.2) is 24.1 Å². The van der Waals surface area contributed by atoms with E-state index in [1.165, 1.54) is 48.5 Å². The van der Waals surface area contributed by atoms with Crippen molar-refractivity contribution in [1.29, 1.82) is 0 Å². The summed E-state index contributed by atoms with van der Waals surface area (Å²) in [5.41, 5.74) is 1.97. The van der Waals surface area contributed by atoms with E-state index in [1.807, 2.05) is 6.92 Å². The molecule has 6 aromatic carbocycles. The summed E-state index contributed by atoms with van der Waals surface area (Å²) in [6, 6.07) is 47.0. The first-order valence-corrected chi connectivity index (χ1v) is 20.0. The van der Waals surface area contributed by atoms with Gasteiger partial charge >= 0.3 is 23.9 Å². The van der Waals surface area contributed by atoms with Crippen LogP contribution in [-0.2, 0) is 18.9 Å². The van der Waals surface area contributed by atoms with E-state index in [0.717, 1.165) is 16.6 Å². The molecule has 0 saturated heterocycles. The predicted molar refractivity (Wildman–Crippen MR) is 237 cm³/mol. The molecule has 0 spiro atoms. The van der Waals surface area contributed by atoms with Crippen molar-refractivity contribution in [2.24, 2.45) is 5.10 Å². The molecule has 63 heavy (non-hydrogen) atoms. The Kier molecular flexibility index (Phi) is 14.1. The maximum absolute atomic E-state index is 14.4. The number of hydrogen-bond donors (Lipinski definition) is 0. The lowest BCUT2D eigenvalue weighted by molar-refractivity contribution is -0.0858. The van der Waals surface area contributed by atoms with Gasteiger partial charge in [-0.1, -0.05) is 103 Å². The fourth-order valence-corrected chi connectivity index (χ4v) is 6.54. The number of halogens is 1. The Labute approximate surface area is 367 Å². The summed E-state index contributed by atoms with van der Waals surface area (Å²) in [4.78, 5) is 74.4. The van der Waals surface area contributed by atoms with E-state index in [0.29, 0.717) is 16.1 Å². The fraction of sp³-hybridized carbons (Fsp3) is 0.100. The topological polar surface area (TPSA) is 151 Å². The molecular formula is C50H38ClN3O9. The summed E-state index contributed by atoms with van der Waals surface area (Å²) < 4.78 is 24.0. The van der Waals surface area contributed by atoms with Gasteiger partial charge in [-0.25, -0.2) is 24.2 Å². The Balaban J connectivity index is 1.37. The van der Waals surface area contributed by atoms with E-state index in [-0.39, 0.29) is 33.6 Å². The molecule has 0 N–H and O–H groups in total. The molecule has 13 heteroatoms. The SMILES string of the molecule is Cc1cc(N(/N=C/[C@H](OC(=O)c2ccccc2)[C@@H](OC(=O)c2ccccc2)[C@@H](COC(=O)c2ccccc2)OC(=O)c2ccccc2)C(=O)c2ccccc2)nc2ccc(Cl)cc12. The van der Waals surface area contributed by atoms with Crippen molar-refractivity contribution in [3.63, 3.8) is 0 Å². The summed E-state index contributed by atoms with van der Waals surface area (Å²) in [6.45, 7) is 1.14. The van der Waals surface area contributed by atoms with Gasteiger partial charge in [0.25, 0.3) is 5.91 Å². The van der Waals surface area contributed by atoms with E-state index in [2.05, 4.69) is 5.10 Å². The van der Waals surface area contributed by atoms with Crippen LogP contribution in [0.15, 0.2) is 181 Å². The lowest BCUT2D eigenvalue weighted by Gasteiger charge is -2.31. The third-order valence-corrected chi connectivity index (χ3v) is 9.81. The number of hydrogen-bond acceptors (Lipinski definition) is 11. The molecule has 7 aromatic rings. The third-order valence-electron chi connectivity index (χ3n) is 9.57. The number of anilines is 1. The Hall–Kier alpha value is -7.96. The van der Waals surface area contributed by atoms with Crippen LogP contribution in [0.5, 0.6) is 0 Å². The standard InChI is InChI=1S/C50H38ClN3O9/c1-33-29-44(53-41-28-27-39(51)30-40(33)41)54(46(55)34-17-7-2-8-18-34)52-31-42(61-48(57)36-21-11-4-12-22-36)45(63-50(59)38-25-15-6-16-26-38)43(62-49(58)37-23-13-5-14-24-37)32-60-47(56)35-19-9-3-10-20-35/h2-31,42-43,45H,32H2,1H3/b52-31+/t42-,43+,45+/m0/s1. The predicted octanol–water partition coefficient (Wildman–Crippen LogP) is 9.36. The van der Waals surface area contributed by atoms with Crippen LogP contribution >= 0.6 is 11.6 Å². The van der Waals surface area contributed by atoms with E-state index in [1.54, 1.807) is 127 Å². The summed E-state index contributed by atoms with van der Waals surface area (Å²) in [7, 11) is 0. The van der Waals surface area contributed by atoms with Crippen molar-refractivity contribution in [3.8, 4) is 0 Å². The maximum Gasteiger partial charge on any atom is 0.338 e. The second-order valence-corrected chi connectivity index (χ2v) is 14.4. The normalized spacial score (nSPS) is 12.4. The van der Waals surface area contributed by atoms with Crippen molar-refractivity contribution in [2.75, 3.05) is 11.6 Å². The van der Waals surface area contributed by atoms with Crippen LogP contribution in [0.1, 0.15) is 57.4 Å². The van der Waals surface area contributed by atoms with Gasteiger partial charge in [-0.15, -0.1) is 0 Å². The van der Waals surface area contributed by atoms with Crippen LogP contribution in [0.4, 0.5) is 5.82 Å². The number of hydrazone groups is 1. The molecule has 0 aliphatic carbocycles. The molecule has 0 unspecified atom stereocenters. The number of carbonyl (C=O) groups excluding carboxylic acids is 5. The van der Waals surface area contributed by atoms with Crippen LogP contribution in [-0.4, -0.2) is 65.9 Å². The summed E-state index contributed by atoms with van der Waals surface area (Å²) in [5.74, 6) is -4.00. The Morgan fingerprint density at radius 3 is 1.57 bits per heavy atom. The van der Waals surface area contributed by atoms with Gasteiger partial charge in [0.05, 0.1) is 34.0 Å². The summed E-state index contributed by atoms with van der Waals surface area (Å²) in [5, 5.41) is 6.84. The third kappa shape index (κ3) is 11.1. The number of carbonyl (C=O) groups is 5. The molecule has 0 aliphatic rings. The zero-order valence-corrected chi connectivity index (χ0v) is 34.4. The molecular weight excluding hydrogens is 822 g/mol. The minimum Gasteiger partial charge on any atom is -0.458 e. The molecule has 1 aromatic heterocycles. The first kappa shape index (κ1) is 43.1. The number of ether oxygens (including phenoxy) is 4. The highest BCUT2D eigenvalue weighted by atomic mass is 35.5. The molecule has 3 atom stereocenters. The summed E-state index contributed by atoms with van der Waals surface area (Å²) in [6.07, 6.45) is -4.08. The van der Waals surface area contributed by atoms with E-state index in [9.17, 15) is 24.0 Å². The maximum atomic E-state index is 14.4. The van der Waals surface area contributed by atoms with Crippen molar-refractivity contribution in [3.05, 3.63) is 214 Å². The van der Waals surface area contributed by atoms with E-state index >= 15 is 0 Å². The average molecular weight is 860 g/mol. The fourth-order valence-electron chi connectivity index (χ4n) is 6.37. The van der Waals surface area contributed by atoms with E-state index < -0.39 is 54.7 Å². The van der Waals surface area contributed by atoms with Crippen molar-refractivity contribution in [2.45, 2.75) is 25.2 Å². The first-order chi connectivity index (χ1) is 30.6. The van der Waals surface area contributed by atoms with Crippen LogP contribution in [0, 0.1) is 6.92 Å². The molecule has 1 amide bonds. The van der Waals surface area contributed by atoms with Gasteiger partial charge in [-0.05, 0) is 97.4 Å². The van der Waals surface area contributed by atoms with Crippen molar-refractivity contribution >= 4 is 64.3 Å². The molecule has 0 saturated carbocycles. The highest BCUT2D eigenvalue weighted by molar-refractivity contribution is 6.31. The van der Waals surface area contributed by atoms with Gasteiger partial charge in [0.1, 0.15) is 6.61 Å². The number of fused-ring (bicyclic) bond motifs is 1. The first-order valence-electron chi connectivity index (χ1n) is 19.7. The molecule has 12 nitrogen and oxygen atoms in total. The molecule has 7 rings (SSSR count). The van der Waals surface area contributed by atoms with Gasteiger partial charge in [-0.3, -0.25) is 4.79 Å². The molecule has 0 fully saturated rings. The lowest BCUT2D eigenvalue weighted by Crippen LogP contribution is -2.49.